The molecule has 1 heterocycles. The molecule has 1 aliphatic rings. The van der Waals surface area contributed by atoms with Crippen LogP contribution in [-0.2, 0) is 4.79 Å². The maximum atomic E-state index is 11.0. The van der Waals surface area contributed by atoms with Gasteiger partial charge in [0.05, 0.1) is 6.10 Å². The maximum Gasteiger partial charge on any atom is 0.320 e. The highest BCUT2D eigenvalue weighted by Gasteiger charge is 2.30. The second-order valence-electron chi connectivity index (χ2n) is 4.40. The Bertz CT molecular complexity index is 218. The molecule has 1 saturated heterocycles. The molecule has 1 fully saturated rings. The Morgan fingerprint density at radius 3 is 2.73 bits per heavy atom. The minimum absolute atomic E-state index is 0.229. The highest BCUT2D eigenvalue weighted by atomic mass is 16.4. The summed E-state index contributed by atoms with van der Waals surface area (Å²) in [6.45, 7) is 5.23. The molecule has 0 aromatic heterocycles. The quantitative estimate of drug-likeness (QED) is 0.732. The summed E-state index contributed by atoms with van der Waals surface area (Å²) in [5.41, 5.74) is 0. The van der Waals surface area contributed by atoms with Crippen LogP contribution in [0.3, 0.4) is 0 Å². The van der Waals surface area contributed by atoms with Crippen LogP contribution in [0.5, 0.6) is 0 Å². The lowest BCUT2D eigenvalue weighted by Crippen LogP contribution is -2.48. The Hall–Kier alpha value is -0.610. The van der Waals surface area contributed by atoms with Crippen molar-refractivity contribution in [3.05, 3.63) is 0 Å². The SMILES string of the molecule is CC[C@H](C(=O)O)N1CCC[C@@H]([C@@H](C)O)C1. The van der Waals surface area contributed by atoms with Gasteiger partial charge >= 0.3 is 5.97 Å². The lowest BCUT2D eigenvalue weighted by atomic mass is 9.92. The summed E-state index contributed by atoms with van der Waals surface area (Å²) < 4.78 is 0. The first-order valence-corrected chi connectivity index (χ1v) is 5.71. The van der Waals surface area contributed by atoms with Gasteiger partial charge in [-0.05, 0) is 38.6 Å². The van der Waals surface area contributed by atoms with Gasteiger partial charge in [0.25, 0.3) is 0 Å². The highest BCUT2D eigenvalue weighted by molar-refractivity contribution is 5.73. The van der Waals surface area contributed by atoms with Crippen LogP contribution in [0.4, 0.5) is 0 Å². The lowest BCUT2D eigenvalue weighted by Gasteiger charge is -2.37. The van der Waals surface area contributed by atoms with Crippen molar-refractivity contribution in [2.75, 3.05) is 13.1 Å². The van der Waals surface area contributed by atoms with Gasteiger partial charge in [0, 0.05) is 6.54 Å². The Kier molecular flexibility index (Phi) is 4.54. The van der Waals surface area contributed by atoms with Crippen molar-refractivity contribution in [2.45, 2.75) is 45.3 Å². The summed E-state index contributed by atoms with van der Waals surface area (Å²) in [6, 6.07) is -0.383. The van der Waals surface area contributed by atoms with E-state index in [-0.39, 0.29) is 18.1 Å². The Balaban J connectivity index is 2.58. The standard InChI is InChI=1S/C11H21NO3/c1-3-10(11(14)15)12-6-4-5-9(7-12)8(2)13/h8-10,13H,3-7H2,1-2H3,(H,14,15)/t8-,9-,10-/m1/s1. The van der Waals surface area contributed by atoms with E-state index in [2.05, 4.69) is 0 Å². The van der Waals surface area contributed by atoms with Gasteiger partial charge in [0.15, 0.2) is 0 Å². The molecule has 0 saturated carbocycles. The van der Waals surface area contributed by atoms with E-state index < -0.39 is 5.97 Å². The van der Waals surface area contributed by atoms with E-state index in [9.17, 15) is 9.90 Å². The molecule has 1 aliphatic heterocycles. The molecule has 0 unspecified atom stereocenters. The summed E-state index contributed by atoms with van der Waals surface area (Å²) in [6.07, 6.45) is 2.28. The summed E-state index contributed by atoms with van der Waals surface area (Å²) >= 11 is 0. The largest absolute Gasteiger partial charge is 0.480 e. The predicted octanol–water partition coefficient (Wildman–Crippen LogP) is 0.942. The topological polar surface area (TPSA) is 60.8 Å². The van der Waals surface area contributed by atoms with E-state index in [1.807, 2.05) is 11.8 Å². The summed E-state index contributed by atoms with van der Waals surface area (Å²) in [5.74, 6) is -0.518. The molecule has 0 spiro atoms. The molecule has 0 aromatic carbocycles. The number of piperidine rings is 1. The van der Waals surface area contributed by atoms with Crippen LogP contribution >= 0.6 is 0 Å². The molecule has 88 valence electrons. The summed E-state index contributed by atoms with van der Waals surface area (Å²) in [7, 11) is 0. The van der Waals surface area contributed by atoms with Crippen LogP contribution in [-0.4, -0.2) is 46.3 Å². The van der Waals surface area contributed by atoms with Crippen molar-refractivity contribution >= 4 is 5.97 Å². The van der Waals surface area contributed by atoms with Crippen LogP contribution in [0, 0.1) is 5.92 Å². The van der Waals surface area contributed by atoms with Crippen molar-refractivity contribution in [3.8, 4) is 0 Å². The minimum Gasteiger partial charge on any atom is -0.480 e. The average Bonchev–Trinajstić information content (AvgIpc) is 2.18. The Labute approximate surface area is 90.9 Å². The van der Waals surface area contributed by atoms with Crippen molar-refractivity contribution in [3.63, 3.8) is 0 Å². The third-order valence-electron chi connectivity index (χ3n) is 3.28. The summed E-state index contributed by atoms with van der Waals surface area (Å²) in [5, 5.41) is 18.6. The van der Waals surface area contributed by atoms with E-state index in [0.717, 1.165) is 19.4 Å². The van der Waals surface area contributed by atoms with Gasteiger partial charge in [-0.2, -0.15) is 0 Å². The van der Waals surface area contributed by atoms with Crippen LogP contribution in [0.1, 0.15) is 33.1 Å². The molecule has 0 radical (unpaired) electrons. The van der Waals surface area contributed by atoms with Crippen LogP contribution in [0.25, 0.3) is 0 Å². The molecule has 3 atom stereocenters. The molecule has 15 heavy (non-hydrogen) atoms. The molecule has 2 N–H and O–H groups in total. The van der Waals surface area contributed by atoms with Crippen LogP contribution in [0.15, 0.2) is 0 Å². The van der Waals surface area contributed by atoms with Gasteiger partial charge in [-0.3, -0.25) is 9.69 Å². The van der Waals surface area contributed by atoms with Gasteiger partial charge in [-0.1, -0.05) is 6.92 Å². The molecule has 1 rings (SSSR count). The fourth-order valence-electron chi connectivity index (χ4n) is 2.31. The number of aliphatic hydroxyl groups is 1. The van der Waals surface area contributed by atoms with Crippen molar-refractivity contribution in [2.24, 2.45) is 5.92 Å². The molecule has 0 aliphatic carbocycles. The third kappa shape index (κ3) is 3.18. The van der Waals surface area contributed by atoms with E-state index in [4.69, 9.17) is 5.11 Å². The fraction of sp³-hybridized carbons (Fsp3) is 0.909. The van der Waals surface area contributed by atoms with Gasteiger partial charge in [-0.25, -0.2) is 0 Å². The zero-order valence-electron chi connectivity index (χ0n) is 9.52. The number of carboxylic acids is 1. The predicted molar refractivity (Wildman–Crippen MR) is 57.7 cm³/mol. The third-order valence-corrected chi connectivity index (χ3v) is 3.28. The normalized spacial score (nSPS) is 27.3. The number of carboxylic acid groups (broad SMARTS) is 1. The molecule has 0 amide bonds. The number of likely N-dealkylation sites (tertiary alicyclic amines) is 1. The number of aliphatic carboxylic acids is 1. The summed E-state index contributed by atoms with van der Waals surface area (Å²) in [4.78, 5) is 13.0. The second-order valence-corrected chi connectivity index (χ2v) is 4.40. The Morgan fingerprint density at radius 2 is 2.27 bits per heavy atom. The lowest BCUT2D eigenvalue weighted by molar-refractivity contribution is -0.144. The first kappa shape index (κ1) is 12.5. The van der Waals surface area contributed by atoms with Gasteiger partial charge < -0.3 is 10.2 Å². The number of hydrogen-bond donors (Lipinski definition) is 2. The van der Waals surface area contributed by atoms with E-state index in [0.29, 0.717) is 13.0 Å². The fourth-order valence-corrected chi connectivity index (χ4v) is 2.31. The molecular formula is C11H21NO3. The number of aliphatic hydroxyl groups excluding tert-OH is 1. The zero-order valence-corrected chi connectivity index (χ0v) is 9.52. The molecule has 0 aromatic rings. The average molecular weight is 215 g/mol. The smallest absolute Gasteiger partial charge is 0.320 e. The second kappa shape index (κ2) is 5.47. The minimum atomic E-state index is -0.747. The maximum absolute atomic E-state index is 11.0. The highest BCUT2D eigenvalue weighted by Crippen LogP contribution is 2.22. The van der Waals surface area contributed by atoms with Crippen molar-refractivity contribution < 1.29 is 15.0 Å². The van der Waals surface area contributed by atoms with E-state index in [1.165, 1.54) is 0 Å². The van der Waals surface area contributed by atoms with Crippen LogP contribution < -0.4 is 0 Å². The van der Waals surface area contributed by atoms with Gasteiger partial charge in [-0.15, -0.1) is 0 Å². The van der Waals surface area contributed by atoms with E-state index >= 15 is 0 Å². The van der Waals surface area contributed by atoms with Gasteiger partial charge in [0.1, 0.15) is 6.04 Å². The number of rotatable bonds is 4. The number of hydrogen-bond acceptors (Lipinski definition) is 3. The number of nitrogens with zero attached hydrogens (tertiary/aromatic N) is 1. The van der Waals surface area contributed by atoms with Crippen molar-refractivity contribution in [1.29, 1.82) is 0 Å². The monoisotopic (exact) mass is 215 g/mol. The molecule has 4 heteroatoms. The first-order valence-electron chi connectivity index (χ1n) is 5.71. The Morgan fingerprint density at radius 1 is 1.60 bits per heavy atom. The first-order chi connectivity index (χ1) is 7.06. The molecule has 0 bridgehead atoms. The van der Waals surface area contributed by atoms with Crippen LogP contribution in [0.2, 0.25) is 0 Å². The van der Waals surface area contributed by atoms with Crippen molar-refractivity contribution in [1.82, 2.24) is 4.90 Å². The molecule has 4 nitrogen and oxygen atoms in total. The molecular weight excluding hydrogens is 194 g/mol. The zero-order chi connectivity index (χ0) is 11.4. The van der Waals surface area contributed by atoms with Gasteiger partial charge in [0.2, 0.25) is 0 Å². The number of carbonyl (C=O) groups is 1. The van der Waals surface area contributed by atoms with E-state index in [1.54, 1.807) is 6.92 Å².